The van der Waals surface area contributed by atoms with Crippen LogP contribution in [0.1, 0.15) is 27.4 Å². The minimum Gasteiger partial charge on any atom is -0.495 e. The molecule has 0 aliphatic rings. The molecule has 34 heavy (non-hydrogen) atoms. The number of hydrogen-bond acceptors (Lipinski definition) is 8. The van der Waals surface area contributed by atoms with E-state index in [0.717, 1.165) is 5.56 Å². The SMILES string of the molecule is COc1cc(OC)c(Cl)c(C#Cc2nc(C(=O)OCc3ccccc3)n3ncnc(N)c23)c1Cl. The Bertz CT molecular complexity index is 1420. The normalized spacial score (nSPS) is 10.5. The van der Waals surface area contributed by atoms with Gasteiger partial charge >= 0.3 is 5.97 Å². The van der Waals surface area contributed by atoms with E-state index in [0.29, 0.717) is 11.5 Å². The Labute approximate surface area is 204 Å². The second kappa shape index (κ2) is 9.87. The van der Waals surface area contributed by atoms with E-state index in [-0.39, 0.29) is 45.1 Å². The molecule has 2 N–H and O–H groups in total. The van der Waals surface area contributed by atoms with E-state index < -0.39 is 5.97 Å². The molecule has 11 heteroatoms. The van der Waals surface area contributed by atoms with Gasteiger partial charge in [0.05, 0.1) is 29.8 Å². The zero-order valence-corrected chi connectivity index (χ0v) is 19.5. The summed E-state index contributed by atoms with van der Waals surface area (Å²) in [6.07, 6.45) is 1.20. The minimum absolute atomic E-state index is 0.0605. The molecular formula is C23H17Cl2N5O4. The first-order valence-electron chi connectivity index (χ1n) is 9.76. The van der Waals surface area contributed by atoms with Crippen LogP contribution in [-0.2, 0) is 11.3 Å². The average Bonchev–Trinajstić information content (AvgIpc) is 3.23. The largest absolute Gasteiger partial charge is 0.495 e. The molecule has 4 rings (SSSR count). The zero-order chi connectivity index (χ0) is 24.2. The number of nitrogens with zero attached hydrogens (tertiary/aromatic N) is 4. The van der Waals surface area contributed by atoms with Gasteiger partial charge < -0.3 is 19.9 Å². The lowest BCUT2D eigenvalue weighted by atomic mass is 10.2. The van der Waals surface area contributed by atoms with Gasteiger partial charge in [-0.15, -0.1) is 0 Å². The molecule has 0 spiro atoms. The highest BCUT2D eigenvalue weighted by atomic mass is 35.5. The number of rotatable bonds is 5. The molecular weight excluding hydrogens is 481 g/mol. The summed E-state index contributed by atoms with van der Waals surface area (Å²) in [5.74, 6) is 5.64. The smallest absolute Gasteiger partial charge is 0.376 e. The number of imidazole rings is 1. The molecule has 0 aliphatic heterocycles. The Morgan fingerprint density at radius 3 is 2.41 bits per heavy atom. The maximum absolute atomic E-state index is 12.8. The van der Waals surface area contributed by atoms with Gasteiger partial charge in [-0.1, -0.05) is 59.5 Å². The molecule has 0 bridgehead atoms. The number of nitrogens with two attached hydrogens (primary N) is 1. The number of methoxy groups -OCH3 is 2. The molecule has 2 heterocycles. The molecule has 4 aromatic rings. The van der Waals surface area contributed by atoms with Crippen molar-refractivity contribution in [2.45, 2.75) is 6.61 Å². The highest BCUT2D eigenvalue weighted by molar-refractivity contribution is 6.38. The molecule has 2 aromatic heterocycles. The maximum atomic E-state index is 12.8. The van der Waals surface area contributed by atoms with Crippen molar-refractivity contribution in [3.8, 4) is 23.3 Å². The number of esters is 1. The van der Waals surface area contributed by atoms with Crippen LogP contribution in [0.4, 0.5) is 5.82 Å². The van der Waals surface area contributed by atoms with Crippen molar-refractivity contribution < 1.29 is 19.0 Å². The van der Waals surface area contributed by atoms with E-state index >= 15 is 0 Å². The Hall–Kier alpha value is -4.00. The molecule has 0 unspecified atom stereocenters. The molecule has 2 aromatic carbocycles. The number of halogens is 2. The van der Waals surface area contributed by atoms with Crippen LogP contribution in [-0.4, -0.2) is 39.8 Å². The summed E-state index contributed by atoms with van der Waals surface area (Å²) in [4.78, 5) is 21.1. The fraction of sp³-hybridized carbons (Fsp3) is 0.130. The van der Waals surface area contributed by atoms with Gasteiger partial charge in [0.25, 0.3) is 0 Å². The third-order valence-electron chi connectivity index (χ3n) is 4.74. The lowest BCUT2D eigenvalue weighted by Crippen LogP contribution is -2.12. The monoisotopic (exact) mass is 497 g/mol. The van der Waals surface area contributed by atoms with Crippen LogP contribution in [0.5, 0.6) is 11.5 Å². The molecule has 0 atom stereocenters. The van der Waals surface area contributed by atoms with Crippen LogP contribution in [0, 0.1) is 11.8 Å². The number of fused-ring (bicyclic) bond motifs is 1. The first-order valence-corrected chi connectivity index (χ1v) is 10.5. The summed E-state index contributed by atoms with van der Waals surface area (Å²) in [7, 11) is 2.92. The number of anilines is 1. The number of nitrogen functional groups attached to an aromatic ring is 1. The molecule has 9 nitrogen and oxygen atoms in total. The van der Waals surface area contributed by atoms with Crippen molar-refractivity contribution in [1.29, 1.82) is 0 Å². The summed E-state index contributed by atoms with van der Waals surface area (Å²) < 4.78 is 17.1. The van der Waals surface area contributed by atoms with Crippen molar-refractivity contribution in [2.24, 2.45) is 0 Å². The van der Waals surface area contributed by atoms with Crippen LogP contribution in [0.15, 0.2) is 42.7 Å². The van der Waals surface area contributed by atoms with E-state index in [2.05, 4.69) is 26.9 Å². The van der Waals surface area contributed by atoms with Crippen molar-refractivity contribution >= 4 is 40.5 Å². The fourth-order valence-electron chi connectivity index (χ4n) is 3.08. The van der Waals surface area contributed by atoms with E-state index in [1.165, 1.54) is 25.1 Å². The molecule has 172 valence electrons. The van der Waals surface area contributed by atoms with Gasteiger partial charge in [-0.2, -0.15) is 5.10 Å². The standard InChI is InChI=1S/C23H17Cl2N5O4/c1-32-16-10-17(33-2)19(25)14(18(16)24)8-9-15-20-21(26)27-12-28-30(20)22(29-15)23(31)34-11-13-6-4-3-5-7-13/h3-7,10,12H,11H2,1-2H3,(H2,26,27,28). The number of aromatic nitrogens is 4. The van der Waals surface area contributed by atoms with Gasteiger partial charge in [-0.05, 0) is 11.5 Å². The van der Waals surface area contributed by atoms with E-state index in [9.17, 15) is 4.79 Å². The number of carbonyl (C=O) groups excluding carboxylic acids is 1. The van der Waals surface area contributed by atoms with Gasteiger partial charge in [0.2, 0.25) is 5.82 Å². The highest BCUT2D eigenvalue weighted by Crippen LogP contribution is 2.39. The predicted octanol–water partition coefficient (Wildman–Crippen LogP) is 3.79. The molecule has 0 saturated carbocycles. The third-order valence-corrected chi connectivity index (χ3v) is 5.49. The lowest BCUT2D eigenvalue weighted by molar-refractivity contribution is 0.0455. The number of carbonyl (C=O) groups is 1. The minimum atomic E-state index is -0.705. The molecule has 0 amide bonds. The van der Waals surface area contributed by atoms with Crippen molar-refractivity contribution in [3.63, 3.8) is 0 Å². The van der Waals surface area contributed by atoms with Gasteiger partial charge in [-0.3, -0.25) is 0 Å². The van der Waals surface area contributed by atoms with Gasteiger partial charge in [0.1, 0.15) is 35.6 Å². The second-order valence-corrected chi connectivity index (χ2v) is 7.54. The van der Waals surface area contributed by atoms with Crippen LogP contribution >= 0.6 is 23.2 Å². The van der Waals surface area contributed by atoms with E-state index in [1.807, 2.05) is 30.3 Å². The van der Waals surface area contributed by atoms with Crippen LogP contribution < -0.4 is 15.2 Å². The Morgan fingerprint density at radius 1 is 1.09 bits per heavy atom. The molecule has 0 aliphatic carbocycles. The van der Waals surface area contributed by atoms with Crippen molar-refractivity contribution in [1.82, 2.24) is 19.6 Å². The quantitative estimate of drug-likeness (QED) is 0.327. The summed E-state index contributed by atoms with van der Waals surface area (Å²) in [5, 5.41) is 4.47. The summed E-state index contributed by atoms with van der Waals surface area (Å²) in [5.41, 5.74) is 7.48. The van der Waals surface area contributed by atoms with Crippen molar-refractivity contribution in [3.05, 3.63) is 75.4 Å². The highest BCUT2D eigenvalue weighted by Gasteiger charge is 2.22. The van der Waals surface area contributed by atoms with Crippen LogP contribution in [0.3, 0.4) is 0 Å². The number of hydrogen-bond donors (Lipinski definition) is 1. The Morgan fingerprint density at radius 2 is 1.76 bits per heavy atom. The van der Waals surface area contributed by atoms with Gasteiger partial charge in [0.15, 0.2) is 5.82 Å². The lowest BCUT2D eigenvalue weighted by Gasteiger charge is -2.10. The fourth-order valence-corrected chi connectivity index (χ4v) is 3.67. The Kier molecular flexibility index (Phi) is 6.72. The van der Waals surface area contributed by atoms with E-state index in [4.69, 9.17) is 43.1 Å². The predicted molar refractivity (Wildman–Crippen MR) is 126 cm³/mol. The number of benzene rings is 2. The first-order chi connectivity index (χ1) is 16.4. The van der Waals surface area contributed by atoms with Gasteiger partial charge in [-0.25, -0.2) is 19.3 Å². The zero-order valence-electron chi connectivity index (χ0n) is 18.0. The summed E-state index contributed by atoms with van der Waals surface area (Å²) >= 11 is 12.8. The van der Waals surface area contributed by atoms with Crippen LogP contribution in [0.25, 0.3) is 5.52 Å². The van der Waals surface area contributed by atoms with Crippen molar-refractivity contribution in [2.75, 3.05) is 20.0 Å². The average molecular weight is 498 g/mol. The third kappa shape index (κ3) is 4.41. The molecule has 0 fully saturated rings. The summed E-state index contributed by atoms with van der Waals surface area (Å²) in [6.45, 7) is 0.0605. The Balaban J connectivity index is 1.76. The molecule has 0 saturated heterocycles. The van der Waals surface area contributed by atoms with Gasteiger partial charge in [0, 0.05) is 6.07 Å². The maximum Gasteiger partial charge on any atom is 0.376 e. The topological polar surface area (TPSA) is 114 Å². The number of ether oxygens (including phenoxy) is 3. The first kappa shape index (κ1) is 23.2. The molecule has 0 radical (unpaired) electrons. The second-order valence-electron chi connectivity index (χ2n) is 6.79. The van der Waals surface area contributed by atoms with Crippen LogP contribution in [0.2, 0.25) is 10.0 Å². The summed E-state index contributed by atoms with van der Waals surface area (Å²) in [6, 6.07) is 10.8. The van der Waals surface area contributed by atoms with E-state index in [1.54, 1.807) is 6.07 Å².